The molecule has 0 unspecified atom stereocenters. The van der Waals surface area contributed by atoms with Gasteiger partial charge in [-0.15, -0.1) is 0 Å². The first-order valence-corrected chi connectivity index (χ1v) is 16.6. The number of anilines is 1. The first-order valence-electron chi connectivity index (χ1n) is 16.2. The number of esters is 1. The molecule has 0 aliphatic carbocycles. The number of nitrogens with one attached hydrogen (secondary N) is 1. The summed E-state index contributed by atoms with van der Waals surface area (Å²) in [6.45, 7) is 3.52. The third kappa shape index (κ3) is 5.87. The van der Waals surface area contributed by atoms with Gasteiger partial charge in [-0.25, -0.2) is 0 Å². The number of nitrogens with zero attached hydrogens (tertiary/aromatic N) is 2. The van der Waals surface area contributed by atoms with E-state index in [0.717, 1.165) is 5.56 Å². The summed E-state index contributed by atoms with van der Waals surface area (Å²) >= 11 is 6.64. The van der Waals surface area contributed by atoms with E-state index in [1.165, 1.54) is 9.80 Å². The average molecular weight is 662 g/mol. The molecular formula is C36H40ClN3O7. The number of carbonyl (C=O) groups excluding carboxylic acids is 4. The second-order valence-electron chi connectivity index (χ2n) is 12.6. The summed E-state index contributed by atoms with van der Waals surface area (Å²) in [4.78, 5) is 59.6. The largest absolute Gasteiger partial charge is 0.463 e. The molecule has 10 nitrogen and oxygen atoms in total. The van der Waals surface area contributed by atoms with Crippen LogP contribution in [0.25, 0.3) is 0 Å². The molecule has 0 radical (unpaired) electrons. The molecule has 1 spiro atoms. The number of likely N-dealkylation sites (tertiary alicyclic amines) is 1. The summed E-state index contributed by atoms with van der Waals surface area (Å²) in [5.41, 5.74) is -0.275. The Hall–Kier alpha value is -3.99. The van der Waals surface area contributed by atoms with E-state index in [1.807, 2.05) is 44.2 Å². The minimum atomic E-state index is -1.45. The van der Waals surface area contributed by atoms with Gasteiger partial charge in [-0.1, -0.05) is 98.6 Å². The highest BCUT2D eigenvalue weighted by Crippen LogP contribution is 2.56. The molecule has 5 bridgehead atoms. The summed E-state index contributed by atoms with van der Waals surface area (Å²) in [5.74, 6) is -3.89. The maximum atomic E-state index is 15.0. The third-order valence-corrected chi connectivity index (χ3v) is 10.3. The molecule has 3 amide bonds. The lowest BCUT2D eigenvalue weighted by molar-refractivity contribution is -0.147. The lowest BCUT2D eigenvalue weighted by Gasteiger charge is -2.40. The van der Waals surface area contributed by atoms with Crippen molar-refractivity contribution in [2.75, 3.05) is 24.7 Å². The van der Waals surface area contributed by atoms with Gasteiger partial charge < -0.3 is 29.7 Å². The van der Waals surface area contributed by atoms with Gasteiger partial charge in [0.2, 0.25) is 11.8 Å². The number of benzene rings is 2. The molecule has 4 aliphatic rings. The number of aliphatic hydroxyl groups is 1. The van der Waals surface area contributed by atoms with Crippen molar-refractivity contribution in [3.05, 3.63) is 89.5 Å². The van der Waals surface area contributed by atoms with Crippen molar-refractivity contribution in [1.82, 2.24) is 10.2 Å². The van der Waals surface area contributed by atoms with Crippen LogP contribution < -0.4 is 10.2 Å². The number of hydrogen-bond acceptors (Lipinski definition) is 7. The topological polar surface area (TPSA) is 125 Å². The van der Waals surface area contributed by atoms with Crippen molar-refractivity contribution in [1.29, 1.82) is 0 Å². The van der Waals surface area contributed by atoms with E-state index in [9.17, 15) is 19.5 Å². The van der Waals surface area contributed by atoms with Crippen molar-refractivity contribution in [3.8, 4) is 0 Å². The van der Waals surface area contributed by atoms with Gasteiger partial charge in [0.15, 0.2) is 0 Å². The molecule has 8 atom stereocenters. The Balaban J connectivity index is 1.48. The number of allylic oxidation sites excluding steroid dienone is 1. The zero-order chi connectivity index (χ0) is 33.3. The van der Waals surface area contributed by atoms with Crippen molar-refractivity contribution >= 4 is 41.0 Å². The number of amides is 3. The van der Waals surface area contributed by atoms with Crippen LogP contribution in [0.4, 0.5) is 5.69 Å². The minimum absolute atomic E-state index is 0.0930. The molecule has 2 fully saturated rings. The smallest absolute Gasteiger partial charge is 0.306 e. The molecular weight excluding hydrogens is 622 g/mol. The second kappa shape index (κ2) is 13.6. The number of aliphatic hydroxyl groups excluding tert-OH is 1. The quantitative estimate of drug-likeness (QED) is 0.354. The Morgan fingerprint density at radius 1 is 1.04 bits per heavy atom. The molecule has 248 valence electrons. The number of para-hydroxylation sites is 1. The van der Waals surface area contributed by atoms with Crippen LogP contribution in [-0.2, 0) is 28.7 Å². The normalized spacial score (nSPS) is 31.4. The van der Waals surface area contributed by atoms with E-state index in [-0.39, 0.29) is 32.1 Å². The SMILES string of the molecule is CC[C@H](C)[C@H](CO)N1C(=O)[C@H]2[C@@H]3C(=O)N[C@H](c4ccccc4)COC(=O)CC/C=C\CN(c4ccccc4Cl)C(=O)[C@H]1[C@@]21C=C[C@@H]3O1. The number of fused-ring (bicyclic) bond motifs is 2. The Bertz CT molecular complexity index is 1580. The van der Waals surface area contributed by atoms with Gasteiger partial charge in [-0.2, -0.15) is 0 Å². The van der Waals surface area contributed by atoms with Crippen molar-refractivity contribution in [2.24, 2.45) is 17.8 Å². The van der Waals surface area contributed by atoms with E-state index in [2.05, 4.69) is 5.32 Å². The van der Waals surface area contributed by atoms with Gasteiger partial charge in [0, 0.05) is 13.0 Å². The molecule has 4 heterocycles. The maximum absolute atomic E-state index is 15.0. The fraction of sp³-hybridized carbons (Fsp3) is 0.444. The van der Waals surface area contributed by atoms with E-state index >= 15 is 4.79 Å². The maximum Gasteiger partial charge on any atom is 0.306 e. The van der Waals surface area contributed by atoms with E-state index in [0.29, 0.717) is 23.6 Å². The highest BCUT2D eigenvalue weighted by Gasteiger charge is 2.74. The molecule has 0 saturated carbocycles. The predicted octanol–water partition coefficient (Wildman–Crippen LogP) is 3.98. The van der Waals surface area contributed by atoms with Gasteiger partial charge in [0.05, 0.1) is 47.3 Å². The zero-order valence-electron chi connectivity index (χ0n) is 26.5. The van der Waals surface area contributed by atoms with Gasteiger partial charge in [0.25, 0.3) is 5.91 Å². The van der Waals surface area contributed by atoms with Gasteiger partial charge >= 0.3 is 5.97 Å². The second-order valence-corrected chi connectivity index (χ2v) is 13.1. The number of hydrogen-bond donors (Lipinski definition) is 2. The highest BCUT2D eigenvalue weighted by atomic mass is 35.5. The first-order chi connectivity index (χ1) is 22.7. The summed E-state index contributed by atoms with van der Waals surface area (Å²) < 4.78 is 12.2. The molecule has 2 N–H and O–H groups in total. The summed E-state index contributed by atoms with van der Waals surface area (Å²) in [6.07, 6.45) is 7.44. The number of halogens is 1. The minimum Gasteiger partial charge on any atom is -0.463 e. The van der Waals surface area contributed by atoms with Crippen LogP contribution in [0.5, 0.6) is 0 Å². The van der Waals surface area contributed by atoms with Crippen LogP contribution in [0.3, 0.4) is 0 Å². The third-order valence-electron chi connectivity index (χ3n) is 10.0. The van der Waals surface area contributed by atoms with Gasteiger partial charge in [-0.3, -0.25) is 19.2 Å². The van der Waals surface area contributed by atoms with E-state index in [4.69, 9.17) is 21.1 Å². The van der Waals surface area contributed by atoms with Crippen molar-refractivity contribution in [2.45, 2.75) is 62.9 Å². The Morgan fingerprint density at radius 2 is 1.79 bits per heavy atom. The average Bonchev–Trinajstić information content (AvgIpc) is 3.72. The first kappa shape index (κ1) is 32.9. The number of cyclic esters (lactones) is 1. The molecule has 11 heteroatoms. The molecule has 6 rings (SSSR count). The van der Waals surface area contributed by atoms with E-state index in [1.54, 1.807) is 48.6 Å². The fourth-order valence-corrected chi connectivity index (χ4v) is 7.64. The zero-order valence-corrected chi connectivity index (χ0v) is 27.2. The molecule has 2 saturated heterocycles. The van der Waals surface area contributed by atoms with Crippen LogP contribution in [-0.4, -0.2) is 77.2 Å². The summed E-state index contributed by atoms with van der Waals surface area (Å²) in [6, 6.07) is 13.6. The lowest BCUT2D eigenvalue weighted by atomic mass is 9.74. The Labute approximate surface area is 279 Å². The molecule has 0 aromatic heterocycles. The van der Waals surface area contributed by atoms with Crippen molar-refractivity contribution < 1.29 is 33.8 Å². The van der Waals surface area contributed by atoms with E-state index < -0.39 is 65.4 Å². The molecule has 4 aliphatic heterocycles. The number of carbonyl (C=O) groups is 4. The summed E-state index contributed by atoms with van der Waals surface area (Å²) in [7, 11) is 0. The highest BCUT2D eigenvalue weighted by molar-refractivity contribution is 6.34. The Morgan fingerprint density at radius 3 is 2.51 bits per heavy atom. The molecule has 2 aromatic rings. The van der Waals surface area contributed by atoms with Gasteiger partial charge in [-0.05, 0) is 30.0 Å². The van der Waals surface area contributed by atoms with Crippen LogP contribution in [0.2, 0.25) is 5.02 Å². The fourth-order valence-electron chi connectivity index (χ4n) is 7.41. The Kier molecular flexibility index (Phi) is 9.55. The molecule has 2 aromatic carbocycles. The van der Waals surface area contributed by atoms with Crippen LogP contribution in [0.15, 0.2) is 78.9 Å². The van der Waals surface area contributed by atoms with Crippen LogP contribution in [0, 0.1) is 17.8 Å². The summed E-state index contributed by atoms with van der Waals surface area (Å²) in [5, 5.41) is 14.1. The number of ether oxygens (including phenoxy) is 2. The molecule has 47 heavy (non-hydrogen) atoms. The monoisotopic (exact) mass is 661 g/mol. The lowest BCUT2D eigenvalue weighted by Crippen LogP contribution is -2.59. The van der Waals surface area contributed by atoms with Crippen molar-refractivity contribution in [3.63, 3.8) is 0 Å². The van der Waals surface area contributed by atoms with Crippen LogP contribution in [0.1, 0.15) is 44.7 Å². The predicted molar refractivity (Wildman–Crippen MR) is 175 cm³/mol. The number of rotatable bonds is 6. The van der Waals surface area contributed by atoms with Gasteiger partial charge in [0.1, 0.15) is 18.2 Å². The standard InChI is InChI=1S/C36H40ClN3O7/c1-3-22(2)27(20-41)40-32-35(45)39(26-15-10-9-14-24(26)37)19-11-5-8-16-29(42)46-21-25(23-12-6-4-7-13-23)38-33(43)30-28-17-18-36(32,47-28)31(30)34(40)44/h4-7,9-15,17-18,22,25,27-28,30-32,41H,3,8,16,19-21H2,1-2H3,(H,38,43)/b11-5-/t22-,25-,27-,28-,30+,31+,32-,36+/m0/s1. The van der Waals surface area contributed by atoms with Crippen LogP contribution >= 0.6 is 11.6 Å².